The number of aryl methyl sites for hydroxylation is 2. The molecule has 1 heterocycles. The van der Waals surface area contributed by atoms with Crippen molar-refractivity contribution in [1.29, 1.82) is 0 Å². The van der Waals surface area contributed by atoms with Gasteiger partial charge in [-0.1, -0.05) is 12.5 Å². The fraction of sp³-hybridized carbons (Fsp3) is 0.647. The number of hydrogen-bond acceptors (Lipinski definition) is 3. The van der Waals surface area contributed by atoms with Crippen molar-refractivity contribution >= 4 is 0 Å². The van der Waals surface area contributed by atoms with Crippen LogP contribution in [0.2, 0.25) is 0 Å². The van der Waals surface area contributed by atoms with Crippen molar-refractivity contribution < 1.29 is 4.74 Å². The Morgan fingerprint density at radius 2 is 1.85 bits per heavy atom. The lowest BCUT2D eigenvalue weighted by Crippen LogP contribution is -2.46. The van der Waals surface area contributed by atoms with Crippen molar-refractivity contribution in [2.75, 3.05) is 26.2 Å². The second-order valence-corrected chi connectivity index (χ2v) is 6.08. The van der Waals surface area contributed by atoms with Crippen LogP contribution in [-0.4, -0.2) is 37.2 Å². The fourth-order valence-corrected chi connectivity index (χ4v) is 3.44. The van der Waals surface area contributed by atoms with Crippen LogP contribution in [0.3, 0.4) is 0 Å². The molecule has 0 amide bonds. The Morgan fingerprint density at radius 1 is 1.05 bits per heavy atom. The Kier molecular flexibility index (Phi) is 4.58. The summed E-state index contributed by atoms with van der Waals surface area (Å²) in [5, 5.41) is 0. The first kappa shape index (κ1) is 13.9. The predicted octanol–water partition coefficient (Wildman–Crippen LogP) is 2.37. The first-order valence-corrected chi connectivity index (χ1v) is 8.05. The van der Waals surface area contributed by atoms with Crippen LogP contribution in [0.15, 0.2) is 18.2 Å². The summed E-state index contributed by atoms with van der Waals surface area (Å²) in [6, 6.07) is 6.94. The van der Waals surface area contributed by atoms with Gasteiger partial charge in [0.2, 0.25) is 0 Å². The van der Waals surface area contributed by atoms with Crippen LogP contribution >= 0.6 is 0 Å². The maximum Gasteiger partial charge on any atom is 0.119 e. The summed E-state index contributed by atoms with van der Waals surface area (Å²) in [7, 11) is 0. The number of ether oxygens (including phenoxy) is 1. The van der Waals surface area contributed by atoms with E-state index in [1.54, 1.807) is 0 Å². The highest BCUT2D eigenvalue weighted by Crippen LogP contribution is 2.26. The molecule has 1 aliphatic heterocycles. The molecule has 3 heteroatoms. The lowest BCUT2D eigenvalue weighted by Gasteiger charge is -2.33. The molecular weight excluding hydrogens is 248 g/mol. The summed E-state index contributed by atoms with van der Waals surface area (Å²) in [6.07, 6.45) is 7.69. The number of likely N-dealkylation sites (tertiary alicyclic amines) is 1. The van der Waals surface area contributed by atoms with Gasteiger partial charge < -0.3 is 10.5 Å². The summed E-state index contributed by atoms with van der Waals surface area (Å²) >= 11 is 0. The number of fused-ring (bicyclic) bond motifs is 1. The standard InChI is InChI=1S/C17H26N2O/c18-12-16(19-9-2-1-3-10-19)13-20-17-8-7-14-5-4-6-15(14)11-17/h7-8,11,16H,1-6,9-10,12-13,18H2. The van der Waals surface area contributed by atoms with Crippen molar-refractivity contribution in [2.24, 2.45) is 5.73 Å². The third-order valence-corrected chi connectivity index (χ3v) is 4.69. The first-order valence-electron chi connectivity index (χ1n) is 8.05. The smallest absolute Gasteiger partial charge is 0.119 e. The number of hydrogen-bond donors (Lipinski definition) is 1. The summed E-state index contributed by atoms with van der Waals surface area (Å²) in [4.78, 5) is 2.50. The average molecular weight is 274 g/mol. The van der Waals surface area contributed by atoms with E-state index in [2.05, 4.69) is 23.1 Å². The molecule has 1 saturated heterocycles. The Bertz CT molecular complexity index is 441. The largest absolute Gasteiger partial charge is 0.492 e. The fourth-order valence-electron chi connectivity index (χ4n) is 3.44. The van der Waals surface area contributed by atoms with E-state index in [0.717, 1.165) is 12.4 Å². The summed E-state index contributed by atoms with van der Waals surface area (Å²) in [6.45, 7) is 3.76. The van der Waals surface area contributed by atoms with Gasteiger partial charge in [0.25, 0.3) is 0 Å². The molecule has 1 aliphatic carbocycles. The van der Waals surface area contributed by atoms with E-state index in [4.69, 9.17) is 10.5 Å². The summed E-state index contributed by atoms with van der Waals surface area (Å²) in [5.74, 6) is 1.01. The van der Waals surface area contributed by atoms with Crippen molar-refractivity contribution in [1.82, 2.24) is 4.90 Å². The van der Waals surface area contributed by atoms with E-state index in [9.17, 15) is 0 Å². The van der Waals surface area contributed by atoms with E-state index in [0.29, 0.717) is 12.6 Å². The summed E-state index contributed by atoms with van der Waals surface area (Å²) < 4.78 is 6.02. The van der Waals surface area contributed by atoms with Gasteiger partial charge >= 0.3 is 0 Å². The molecule has 1 aromatic rings. The van der Waals surface area contributed by atoms with Gasteiger partial charge in [-0.2, -0.15) is 0 Å². The van der Waals surface area contributed by atoms with Gasteiger partial charge in [-0.25, -0.2) is 0 Å². The van der Waals surface area contributed by atoms with Gasteiger partial charge in [-0.15, -0.1) is 0 Å². The third-order valence-electron chi connectivity index (χ3n) is 4.69. The molecule has 3 rings (SSSR count). The van der Waals surface area contributed by atoms with E-state index < -0.39 is 0 Å². The number of piperidine rings is 1. The Hall–Kier alpha value is -1.06. The van der Waals surface area contributed by atoms with E-state index in [-0.39, 0.29) is 0 Å². The third kappa shape index (κ3) is 3.15. The zero-order valence-corrected chi connectivity index (χ0v) is 12.3. The average Bonchev–Trinajstić information content (AvgIpc) is 2.96. The highest BCUT2D eigenvalue weighted by atomic mass is 16.5. The lowest BCUT2D eigenvalue weighted by atomic mass is 10.1. The molecule has 2 N–H and O–H groups in total. The summed E-state index contributed by atoms with van der Waals surface area (Å²) in [5.41, 5.74) is 8.92. The van der Waals surface area contributed by atoms with Gasteiger partial charge in [0, 0.05) is 6.54 Å². The van der Waals surface area contributed by atoms with Crippen LogP contribution in [0.1, 0.15) is 36.8 Å². The second kappa shape index (κ2) is 6.59. The second-order valence-electron chi connectivity index (χ2n) is 6.08. The first-order chi connectivity index (χ1) is 9.86. The highest BCUT2D eigenvalue weighted by molar-refractivity contribution is 5.38. The van der Waals surface area contributed by atoms with Crippen LogP contribution in [0.4, 0.5) is 0 Å². The Labute approximate surface area is 122 Å². The molecule has 0 saturated carbocycles. The van der Waals surface area contributed by atoms with Crippen molar-refractivity contribution in [3.05, 3.63) is 29.3 Å². The molecule has 1 unspecified atom stereocenters. The molecule has 1 atom stereocenters. The predicted molar refractivity (Wildman–Crippen MR) is 82.2 cm³/mol. The zero-order valence-electron chi connectivity index (χ0n) is 12.3. The maximum absolute atomic E-state index is 6.02. The van der Waals surface area contributed by atoms with Crippen molar-refractivity contribution in [2.45, 2.75) is 44.6 Å². The zero-order chi connectivity index (χ0) is 13.8. The number of nitrogens with zero attached hydrogens (tertiary/aromatic N) is 1. The van der Waals surface area contributed by atoms with Gasteiger partial charge in [0.1, 0.15) is 12.4 Å². The minimum absolute atomic E-state index is 0.364. The highest BCUT2D eigenvalue weighted by Gasteiger charge is 2.20. The normalized spacial score (nSPS) is 20.6. The molecule has 0 spiro atoms. The molecule has 2 aliphatic rings. The monoisotopic (exact) mass is 274 g/mol. The molecule has 1 fully saturated rings. The molecule has 110 valence electrons. The number of nitrogens with two attached hydrogens (primary N) is 1. The van der Waals surface area contributed by atoms with Gasteiger partial charge in [0.15, 0.2) is 0 Å². The molecule has 0 aromatic heterocycles. The van der Waals surface area contributed by atoms with Gasteiger partial charge in [-0.05, 0) is 68.5 Å². The van der Waals surface area contributed by atoms with Crippen molar-refractivity contribution in [3.63, 3.8) is 0 Å². The van der Waals surface area contributed by atoms with Crippen LogP contribution in [0.5, 0.6) is 5.75 Å². The Balaban J connectivity index is 1.57. The lowest BCUT2D eigenvalue weighted by molar-refractivity contribution is 0.118. The van der Waals surface area contributed by atoms with Crippen LogP contribution in [0.25, 0.3) is 0 Å². The van der Waals surface area contributed by atoms with E-state index in [1.807, 2.05) is 0 Å². The molecular formula is C17H26N2O. The molecule has 3 nitrogen and oxygen atoms in total. The topological polar surface area (TPSA) is 38.5 Å². The van der Waals surface area contributed by atoms with Crippen molar-refractivity contribution in [3.8, 4) is 5.75 Å². The number of benzene rings is 1. The minimum Gasteiger partial charge on any atom is -0.492 e. The molecule has 0 radical (unpaired) electrons. The maximum atomic E-state index is 6.02. The van der Waals surface area contributed by atoms with Crippen LogP contribution < -0.4 is 10.5 Å². The van der Waals surface area contributed by atoms with Gasteiger partial charge in [-0.3, -0.25) is 4.90 Å². The Morgan fingerprint density at radius 3 is 2.65 bits per heavy atom. The van der Waals surface area contributed by atoms with Crippen LogP contribution in [-0.2, 0) is 12.8 Å². The van der Waals surface area contributed by atoms with Gasteiger partial charge in [0.05, 0.1) is 6.04 Å². The quantitative estimate of drug-likeness (QED) is 0.896. The SMILES string of the molecule is NCC(COc1ccc2c(c1)CCC2)N1CCCCC1. The minimum atomic E-state index is 0.364. The molecule has 1 aromatic carbocycles. The van der Waals surface area contributed by atoms with Crippen LogP contribution in [0, 0.1) is 0 Å². The molecule has 0 bridgehead atoms. The number of rotatable bonds is 5. The molecule has 20 heavy (non-hydrogen) atoms. The van der Waals surface area contributed by atoms with E-state index in [1.165, 1.54) is 62.7 Å². The van der Waals surface area contributed by atoms with E-state index >= 15 is 0 Å².